The average Bonchev–Trinajstić information content (AvgIpc) is 3.25. The Morgan fingerprint density at radius 3 is 2.21 bits per heavy atom. The second kappa shape index (κ2) is 9.38. The van der Waals surface area contributed by atoms with Crippen LogP contribution in [0.15, 0.2) is 72.9 Å². The van der Waals surface area contributed by atoms with Crippen LogP contribution in [-0.4, -0.2) is 28.0 Å². The first kappa shape index (κ1) is 23.0. The molecule has 6 nitrogen and oxygen atoms in total. The van der Waals surface area contributed by atoms with Gasteiger partial charge in [0.1, 0.15) is 23.7 Å². The quantitative estimate of drug-likeness (QED) is 0.277. The van der Waals surface area contributed by atoms with Crippen LogP contribution < -0.4 is 16.0 Å². The fraction of sp³-hybridized carbons (Fsp3) is 0.130. The van der Waals surface area contributed by atoms with Gasteiger partial charge in [0.15, 0.2) is 0 Å². The van der Waals surface area contributed by atoms with E-state index in [2.05, 4.69) is 20.9 Å². The molecule has 0 aliphatic rings. The number of aromatic nitrogens is 2. The number of pyridine rings is 1. The molecule has 2 aromatic heterocycles. The molecular weight excluding hydrogens is 457 g/mol. The highest BCUT2D eigenvalue weighted by atomic mass is 19.4. The zero-order valence-electron chi connectivity index (χ0n) is 17.4. The molecular formula is C23H18F5N5O. The molecule has 4 aromatic rings. The number of alkyl halides is 5. The van der Waals surface area contributed by atoms with Crippen molar-refractivity contribution in [2.75, 3.05) is 22.5 Å². The molecule has 176 valence electrons. The molecule has 0 unspecified atom stereocenters. The molecule has 0 saturated heterocycles. The normalized spacial score (nSPS) is 11.6. The lowest BCUT2D eigenvalue weighted by Gasteiger charge is -2.11. The molecule has 0 spiro atoms. The summed E-state index contributed by atoms with van der Waals surface area (Å²) in [4.78, 5) is 16.3. The maximum absolute atomic E-state index is 13.0. The summed E-state index contributed by atoms with van der Waals surface area (Å²) in [5.74, 6) is 0.110. The Labute approximate surface area is 190 Å². The molecule has 0 atom stereocenters. The number of fused-ring (bicyclic) bond motifs is 1. The number of carbonyl (C=O) groups excluding carboxylic acids is 1. The number of carbonyl (C=O) groups is 1. The van der Waals surface area contributed by atoms with Gasteiger partial charge in [-0.25, -0.2) is 13.8 Å². The van der Waals surface area contributed by atoms with Crippen LogP contribution in [0.2, 0.25) is 0 Å². The number of nitrogens with one attached hydrogen (secondary N) is 3. The van der Waals surface area contributed by atoms with E-state index < -0.39 is 25.1 Å². The van der Waals surface area contributed by atoms with Crippen molar-refractivity contribution >= 4 is 34.4 Å². The van der Waals surface area contributed by atoms with Crippen LogP contribution in [0, 0.1) is 0 Å². The van der Waals surface area contributed by atoms with E-state index in [9.17, 15) is 26.7 Å². The summed E-state index contributed by atoms with van der Waals surface area (Å²) < 4.78 is 64.3. The molecule has 0 saturated carbocycles. The van der Waals surface area contributed by atoms with E-state index in [4.69, 9.17) is 0 Å². The summed E-state index contributed by atoms with van der Waals surface area (Å²) in [7, 11) is 0. The van der Waals surface area contributed by atoms with Gasteiger partial charge in [-0.2, -0.15) is 13.2 Å². The Hall–Kier alpha value is -4.15. The first-order valence-electron chi connectivity index (χ1n) is 10.0. The molecule has 0 aliphatic heterocycles. The highest BCUT2D eigenvalue weighted by Crippen LogP contribution is 2.24. The fourth-order valence-electron chi connectivity index (χ4n) is 3.17. The van der Waals surface area contributed by atoms with Crippen LogP contribution in [-0.2, 0) is 0 Å². The van der Waals surface area contributed by atoms with Crippen molar-refractivity contribution in [1.82, 2.24) is 9.38 Å². The third-order valence-electron chi connectivity index (χ3n) is 4.79. The molecule has 11 heteroatoms. The van der Waals surface area contributed by atoms with Crippen molar-refractivity contribution < 1.29 is 26.7 Å². The van der Waals surface area contributed by atoms with Crippen molar-refractivity contribution in [2.24, 2.45) is 0 Å². The molecule has 4 rings (SSSR count). The first-order chi connectivity index (χ1) is 16.2. The van der Waals surface area contributed by atoms with Gasteiger partial charge < -0.3 is 16.0 Å². The summed E-state index contributed by atoms with van der Waals surface area (Å²) in [6, 6.07) is 17.4. The van der Waals surface area contributed by atoms with Crippen molar-refractivity contribution in [3.05, 3.63) is 84.2 Å². The van der Waals surface area contributed by atoms with Crippen LogP contribution in [0.4, 0.5) is 44.8 Å². The minimum absolute atomic E-state index is 0.248. The molecule has 0 radical (unpaired) electrons. The van der Waals surface area contributed by atoms with E-state index >= 15 is 0 Å². The smallest absolute Gasteiger partial charge is 0.376 e. The van der Waals surface area contributed by atoms with Gasteiger partial charge >= 0.3 is 6.18 Å². The van der Waals surface area contributed by atoms with Crippen LogP contribution in [0.1, 0.15) is 22.5 Å². The largest absolute Gasteiger partial charge is 0.405 e. The lowest BCUT2D eigenvalue weighted by molar-refractivity contribution is -0.115. The third-order valence-corrected chi connectivity index (χ3v) is 4.79. The number of anilines is 4. The summed E-state index contributed by atoms with van der Waals surface area (Å²) >= 11 is 0. The van der Waals surface area contributed by atoms with Gasteiger partial charge in [0, 0.05) is 28.8 Å². The lowest BCUT2D eigenvalue weighted by atomic mass is 10.2. The minimum atomic E-state index is -4.34. The summed E-state index contributed by atoms with van der Waals surface area (Å²) in [5.41, 5.74) is 1.73. The highest BCUT2D eigenvalue weighted by Gasteiger charge is 2.26. The van der Waals surface area contributed by atoms with Crippen LogP contribution >= 0.6 is 0 Å². The average molecular weight is 475 g/mol. The predicted octanol–water partition coefficient (Wildman–Crippen LogP) is 6.24. The first-order valence-corrected chi connectivity index (χ1v) is 10.0. The lowest BCUT2D eigenvalue weighted by Crippen LogP contribution is -2.21. The summed E-state index contributed by atoms with van der Waals surface area (Å²) in [6.45, 7) is -1.17. The van der Waals surface area contributed by atoms with E-state index in [0.717, 1.165) is 0 Å². The minimum Gasteiger partial charge on any atom is -0.376 e. The van der Waals surface area contributed by atoms with E-state index in [0.29, 0.717) is 22.8 Å². The van der Waals surface area contributed by atoms with Crippen molar-refractivity contribution in [2.45, 2.75) is 12.6 Å². The number of amides is 1. The fourth-order valence-corrected chi connectivity index (χ4v) is 3.17. The standard InChI is InChI=1S/C23H18F5N5O/c24-21(25)18-12-33-19(2-1-3-20(33)32-18)30-16-8-10-17(11-9-16)31-22(34)14-4-6-15(7-5-14)29-13-23(26,27)28/h1-12,21,29-30H,13H2,(H,31,34). The van der Waals surface area contributed by atoms with E-state index in [-0.39, 0.29) is 16.9 Å². The molecule has 34 heavy (non-hydrogen) atoms. The molecule has 2 heterocycles. The Morgan fingerprint density at radius 1 is 0.912 bits per heavy atom. The molecule has 1 amide bonds. The molecule has 0 aliphatic carbocycles. The number of halogens is 5. The second-order valence-corrected chi connectivity index (χ2v) is 7.31. The number of rotatable bonds is 7. The van der Waals surface area contributed by atoms with Gasteiger partial charge in [0.2, 0.25) is 0 Å². The Balaban J connectivity index is 1.39. The summed E-state index contributed by atoms with van der Waals surface area (Å²) in [5, 5.41) is 8.06. The van der Waals surface area contributed by atoms with Gasteiger partial charge in [-0.15, -0.1) is 0 Å². The zero-order chi connectivity index (χ0) is 24.3. The van der Waals surface area contributed by atoms with Crippen LogP contribution in [0.5, 0.6) is 0 Å². The second-order valence-electron chi connectivity index (χ2n) is 7.31. The number of benzene rings is 2. The third kappa shape index (κ3) is 5.61. The zero-order valence-corrected chi connectivity index (χ0v) is 17.4. The highest BCUT2D eigenvalue weighted by molar-refractivity contribution is 6.04. The Kier molecular flexibility index (Phi) is 6.35. The monoisotopic (exact) mass is 475 g/mol. The van der Waals surface area contributed by atoms with Crippen LogP contribution in [0.25, 0.3) is 5.65 Å². The number of nitrogens with zero attached hydrogens (tertiary/aromatic N) is 2. The van der Waals surface area contributed by atoms with Gasteiger partial charge in [-0.3, -0.25) is 9.20 Å². The van der Waals surface area contributed by atoms with Gasteiger partial charge in [-0.1, -0.05) is 6.07 Å². The van der Waals surface area contributed by atoms with E-state index in [1.807, 2.05) is 0 Å². The maximum Gasteiger partial charge on any atom is 0.405 e. The van der Waals surface area contributed by atoms with Gasteiger partial charge in [0.25, 0.3) is 12.3 Å². The predicted molar refractivity (Wildman–Crippen MR) is 119 cm³/mol. The van der Waals surface area contributed by atoms with Crippen LogP contribution in [0.3, 0.4) is 0 Å². The molecule has 3 N–H and O–H groups in total. The van der Waals surface area contributed by atoms with Crippen molar-refractivity contribution in [3.8, 4) is 0 Å². The van der Waals surface area contributed by atoms with Crippen molar-refractivity contribution in [3.63, 3.8) is 0 Å². The Morgan fingerprint density at radius 2 is 1.56 bits per heavy atom. The number of imidazole rings is 1. The van der Waals surface area contributed by atoms with E-state index in [1.165, 1.54) is 34.9 Å². The summed E-state index contributed by atoms with van der Waals surface area (Å²) in [6.07, 6.45) is -5.75. The molecule has 0 fully saturated rings. The maximum atomic E-state index is 13.0. The van der Waals surface area contributed by atoms with Crippen molar-refractivity contribution in [1.29, 1.82) is 0 Å². The SMILES string of the molecule is O=C(Nc1ccc(Nc2cccc3nc(C(F)F)cn23)cc1)c1ccc(NCC(F)(F)F)cc1. The van der Waals surface area contributed by atoms with Gasteiger partial charge in [0.05, 0.1) is 0 Å². The Bertz CT molecular complexity index is 1280. The topological polar surface area (TPSA) is 70.5 Å². The molecule has 0 bridgehead atoms. The number of hydrogen-bond donors (Lipinski definition) is 3. The number of hydrogen-bond acceptors (Lipinski definition) is 4. The molecule has 2 aromatic carbocycles. The van der Waals surface area contributed by atoms with E-state index in [1.54, 1.807) is 42.5 Å². The van der Waals surface area contributed by atoms with Gasteiger partial charge in [-0.05, 0) is 60.7 Å².